The zero-order chi connectivity index (χ0) is 25.8. The van der Waals surface area contributed by atoms with Gasteiger partial charge in [0.05, 0.1) is 23.6 Å². The maximum Gasteiger partial charge on any atom is 0.229 e. The predicted octanol–water partition coefficient (Wildman–Crippen LogP) is 5.24. The first-order valence-corrected chi connectivity index (χ1v) is 12.3. The van der Waals surface area contributed by atoms with Crippen LogP contribution in [0.2, 0.25) is 0 Å². The molecule has 0 spiro atoms. The fourth-order valence-corrected chi connectivity index (χ4v) is 4.37. The van der Waals surface area contributed by atoms with E-state index in [1.54, 1.807) is 12.3 Å². The van der Waals surface area contributed by atoms with Crippen molar-refractivity contribution in [2.45, 2.75) is 40.7 Å². The Bertz CT molecular complexity index is 1330. The third-order valence-electron chi connectivity index (χ3n) is 5.93. The second-order valence-electron chi connectivity index (χ2n) is 8.60. The summed E-state index contributed by atoms with van der Waals surface area (Å²) in [6.45, 7) is 13.5. The highest BCUT2D eigenvalue weighted by Gasteiger charge is 2.18. The minimum atomic E-state index is -0.640. The van der Waals surface area contributed by atoms with Crippen LogP contribution in [-0.2, 0) is 0 Å². The summed E-state index contributed by atoms with van der Waals surface area (Å²) in [4.78, 5) is 19.4. The van der Waals surface area contributed by atoms with Crippen molar-refractivity contribution in [2.24, 2.45) is 0 Å². The number of piperazine rings is 1. The number of imidazole rings is 1. The summed E-state index contributed by atoms with van der Waals surface area (Å²) in [5, 5.41) is 6.34. The van der Waals surface area contributed by atoms with Gasteiger partial charge in [0.15, 0.2) is 11.6 Å². The number of nitrogens with zero attached hydrogens (tertiary/aromatic N) is 6. The molecule has 0 saturated carbocycles. The summed E-state index contributed by atoms with van der Waals surface area (Å²) in [6, 6.07) is 6.86. The molecule has 0 amide bonds. The van der Waals surface area contributed by atoms with Gasteiger partial charge in [-0.3, -0.25) is 0 Å². The summed E-state index contributed by atoms with van der Waals surface area (Å²) in [5.74, 6) is 0.243. The van der Waals surface area contributed by atoms with E-state index in [0.29, 0.717) is 22.7 Å². The monoisotopic (exact) mass is 494 g/mol. The van der Waals surface area contributed by atoms with Gasteiger partial charge < -0.3 is 20.1 Å². The molecule has 190 valence electrons. The number of fused-ring (bicyclic) bond motifs is 1. The van der Waals surface area contributed by atoms with Crippen molar-refractivity contribution >= 4 is 28.5 Å². The van der Waals surface area contributed by atoms with Gasteiger partial charge in [-0.1, -0.05) is 13.8 Å². The molecule has 1 aromatic carbocycles. The lowest BCUT2D eigenvalue weighted by atomic mass is 10.1. The van der Waals surface area contributed by atoms with Crippen molar-refractivity contribution in [1.29, 1.82) is 0 Å². The zero-order valence-electron chi connectivity index (χ0n) is 21.3. The van der Waals surface area contributed by atoms with Crippen LogP contribution in [0.15, 0.2) is 36.7 Å². The predicted molar refractivity (Wildman–Crippen MR) is 140 cm³/mol. The smallest absolute Gasteiger partial charge is 0.229 e. The van der Waals surface area contributed by atoms with Gasteiger partial charge in [-0.25, -0.2) is 28.7 Å². The molecule has 1 aliphatic heterocycles. The molecule has 0 atom stereocenters. The number of halogens is 2. The van der Waals surface area contributed by atoms with E-state index < -0.39 is 11.6 Å². The van der Waals surface area contributed by atoms with E-state index in [4.69, 9.17) is 0 Å². The molecular weight excluding hydrogens is 462 g/mol. The number of nitrogens with one attached hydrogen (secondary N) is 2. The maximum atomic E-state index is 14.9. The van der Waals surface area contributed by atoms with Gasteiger partial charge in [0.1, 0.15) is 22.9 Å². The molecule has 0 unspecified atom stereocenters. The summed E-state index contributed by atoms with van der Waals surface area (Å²) < 4.78 is 31.5. The average Bonchev–Trinajstić information content (AvgIpc) is 3.24. The normalized spacial score (nSPS) is 13.6. The number of aromatic nitrogens is 5. The Morgan fingerprint density at radius 3 is 2.39 bits per heavy atom. The van der Waals surface area contributed by atoms with E-state index in [1.807, 2.05) is 51.3 Å². The summed E-state index contributed by atoms with van der Waals surface area (Å²) in [7, 11) is 0. The first-order valence-electron chi connectivity index (χ1n) is 12.3. The molecule has 0 aliphatic carbocycles. The molecule has 1 aliphatic rings. The molecular formula is C26H32F2N8. The topological polar surface area (TPSA) is 83.8 Å². The fraction of sp³-hybridized carbons (Fsp3) is 0.385. The molecule has 2 N–H and O–H groups in total. The third kappa shape index (κ3) is 5.13. The minimum Gasteiger partial charge on any atom is -0.368 e. The van der Waals surface area contributed by atoms with Crippen molar-refractivity contribution in [3.63, 3.8) is 0 Å². The van der Waals surface area contributed by atoms with Gasteiger partial charge in [-0.05, 0) is 45.0 Å². The fourth-order valence-electron chi connectivity index (χ4n) is 4.37. The molecule has 1 fully saturated rings. The molecule has 8 nitrogen and oxygen atoms in total. The number of pyridine rings is 1. The second-order valence-corrected chi connectivity index (χ2v) is 8.60. The largest absolute Gasteiger partial charge is 0.368 e. The Balaban J connectivity index is 0.00000148. The van der Waals surface area contributed by atoms with Crippen LogP contribution in [0.25, 0.3) is 22.3 Å². The van der Waals surface area contributed by atoms with Crippen molar-refractivity contribution in [3.05, 3.63) is 54.1 Å². The number of hydrogen-bond acceptors (Lipinski definition) is 7. The van der Waals surface area contributed by atoms with Crippen LogP contribution in [0.1, 0.15) is 39.6 Å². The molecule has 0 bridgehead atoms. The summed E-state index contributed by atoms with van der Waals surface area (Å²) in [6.07, 6.45) is 2.86. The maximum absolute atomic E-state index is 14.9. The van der Waals surface area contributed by atoms with Crippen molar-refractivity contribution < 1.29 is 8.78 Å². The first-order chi connectivity index (χ1) is 17.4. The summed E-state index contributed by atoms with van der Waals surface area (Å²) in [5.41, 5.74) is 2.21. The van der Waals surface area contributed by atoms with Gasteiger partial charge in [-0.15, -0.1) is 0 Å². The standard InChI is InChI=1S/C24H26F2N8.C2H6/c1-14(2)34-15(3)30-23-18(25)10-16(11-20(23)34)22-19(26)13-29-24(32-22)31-21-5-4-17(12-28-21)33-8-6-27-7-9-33;1-2/h4-5,10-14,27H,6-9H2,1-3H3,(H,28,29,31,32);1-2H3. The van der Waals surface area contributed by atoms with E-state index in [0.717, 1.165) is 38.1 Å². The number of aryl methyl sites for hydroxylation is 1. The molecule has 36 heavy (non-hydrogen) atoms. The highest BCUT2D eigenvalue weighted by atomic mass is 19.1. The van der Waals surface area contributed by atoms with E-state index in [2.05, 4.69) is 35.5 Å². The molecule has 10 heteroatoms. The molecule has 4 heterocycles. The van der Waals surface area contributed by atoms with Crippen LogP contribution in [0.3, 0.4) is 0 Å². The zero-order valence-corrected chi connectivity index (χ0v) is 21.3. The van der Waals surface area contributed by atoms with Crippen LogP contribution in [0, 0.1) is 18.6 Å². The lowest BCUT2D eigenvalue weighted by Crippen LogP contribution is -2.43. The Labute approximate surface area is 209 Å². The van der Waals surface area contributed by atoms with Crippen LogP contribution < -0.4 is 15.5 Å². The summed E-state index contributed by atoms with van der Waals surface area (Å²) >= 11 is 0. The molecule has 3 aromatic heterocycles. The van der Waals surface area contributed by atoms with E-state index >= 15 is 0 Å². The van der Waals surface area contributed by atoms with Gasteiger partial charge in [0, 0.05) is 37.8 Å². The number of anilines is 3. The van der Waals surface area contributed by atoms with Crippen LogP contribution in [-0.4, -0.2) is 50.7 Å². The number of hydrogen-bond donors (Lipinski definition) is 2. The molecule has 1 saturated heterocycles. The number of benzene rings is 1. The van der Waals surface area contributed by atoms with Crippen molar-refractivity contribution in [3.8, 4) is 11.3 Å². The third-order valence-corrected chi connectivity index (χ3v) is 5.93. The molecule has 0 radical (unpaired) electrons. The Morgan fingerprint density at radius 2 is 1.72 bits per heavy atom. The van der Waals surface area contributed by atoms with Crippen LogP contribution in [0.5, 0.6) is 0 Å². The van der Waals surface area contributed by atoms with E-state index in [1.165, 1.54) is 6.07 Å². The average molecular weight is 495 g/mol. The first kappa shape index (κ1) is 25.4. The lowest BCUT2D eigenvalue weighted by molar-refractivity contribution is 0.589. The van der Waals surface area contributed by atoms with E-state index in [9.17, 15) is 8.78 Å². The highest BCUT2D eigenvalue weighted by molar-refractivity contribution is 5.83. The highest BCUT2D eigenvalue weighted by Crippen LogP contribution is 2.30. The SMILES string of the molecule is CC.Cc1nc2c(F)cc(-c3nc(Nc4ccc(N5CCNCC5)cn4)ncc3F)cc2n1C(C)C. The second kappa shape index (κ2) is 10.9. The van der Waals surface area contributed by atoms with Crippen molar-refractivity contribution in [1.82, 2.24) is 29.8 Å². The van der Waals surface area contributed by atoms with Gasteiger partial charge in [0.25, 0.3) is 0 Å². The Morgan fingerprint density at radius 1 is 0.972 bits per heavy atom. The van der Waals surface area contributed by atoms with Crippen molar-refractivity contribution in [2.75, 3.05) is 36.4 Å². The quantitative estimate of drug-likeness (QED) is 0.393. The van der Waals surface area contributed by atoms with Gasteiger partial charge >= 0.3 is 0 Å². The Kier molecular flexibility index (Phi) is 7.73. The number of rotatable bonds is 5. The van der Waals surface area contributed by atoms with Crippen LogP contribution >= 0.6 is 0 Å². The van der Waals surface area contributed by atoms with Gasteiger partial charge in [0.2, 0.25) is 5.95 Å². The minimum absolute atomic E-state index is 0.00453. The molecule has 4 aromatic rings. The van der Waals surface area contributed by atoms with Gasteiger partial charge in [-0.2, -0.15) is 0 Å². The molecule has 5 rings (SSSR count). The van der Waals surface area contributed by atoms with E-state index in [-0.39, 0.29) is 23.2 Å². The Hall–Kier alpha value is -3.66. The lowest BCUT2D eigenvalue weighted by Gasteiger charge is -2.29. The van der Waals surface area contributed by atoms with Crippen LogP contribution in [0.4, 0.5) is 26.2 Å².